The molecule has 26 heavy (non-hydrogen) atoms. The molecule has 0 saturated heterocycles. The second kappa shape index (κ2) is 11.9. The largest absolute Gasteiger partial charge is 0.357 e. The summed E-state index contributed by atoms with van der Waals surface area (Å²) in [5, 5.41) is 8.75. The van der Waals surface area contributed by atoms with E-state index in [0.29, 0.717) is 32.0 Å². The van der Waals surface area contributed by atoms with Crippen LogP contribution in [0.15, 0.2) is 18.8 Å². The van der Waals surface area contributed by atoms with E-state index in [-0.39, 0.29) is 12.1 Å². The first-order chi connectivity index (χ1) is 12.4. The van der Waals surface area contributed by atoms with Gasteiger partial charge in [0, 0.05) is 31.9 Å². The third-order valence-electron chi connectivity index (χ3n) is 3.52. The van der Waals surface area contributed by atoms with Crippen LogP contribution in [0.2, 0.25) is 0 Å². The minimum absolute atomic E-state index is 0.290. The van der Waals surface area contributed by atoms with Crippen molar-refractivity contribution in [3.8, 4) is 6.07 Å². The van der Waals surface area contributed by atoms with Crippen molar-refractivity contribution >= 4 is 20.4 Å². The molecule has 0 aliphatic heterocycles. The highest BCUT2D eigenvalue weighted by atomic mass is 31.2. The zero-order valence-electron chi connectivity index (χ0n) is 16.4. The SMILES string of the molecule is C=Cc1nccc(N(C)CCOP(OCCC#N)N(C(C)C)C(C)C)n1. The summed E-state index contributed by atoms with van der Waals surface area (Å²) < 4.78 is 14.2. The molecular weight excluding hydrogens is 349 g/mol. The molecule has 0 N–H and O–H groups in total. The Bertz CT molecular complexity index is 583. The molecule has 0 bridgehead atoms. The number of hydrogen-bond donors (Lipinski definition) is 0. The zero-order chi connectivity index (χ0) is 19.5. The van der Waals surface area contributed by atoms with Gasteiger partial charge in [-0.1, -0.05) is 6.58 Å². The number of hydrogen-bond acceptors (Lipinski definition) is 7. The lowest BCUT2D eigenvalue weighted by Gasteiger charge is -2.35. The number of nitrogens with zero attached hydrogens (tertiary/aromatic N) is 5. The molecule has 0 saturated carbocycles. The first-order valence-corrected chi connectivity index (χ1v) is 9.91. The molecule has 8 heteroatoms. The second-order valence-electron chi connectivity index (χ2n) is 6.28. The fraction of sp³-hybridized carbons (Fsp3) is 0.611. The maximum atomic E-state index is 8.75. The van der Waals surface area contributed by atoms with Gasteiger partial charge in [0.1, 0.15) is 5.82 Å². The summed E-state index contributed by atoms with van der Waals surface area (Å²) >= 11 is 0. The van der Waals surface area contributed by atoms with E-state index in [4.69, 9.17) is 14.3 Å². The molecule has 0 aliphatic rings. The first-order valence-electron chi connectivity index (χ1n) is 8.78. The Morgan fingerprint density at radius 1 is 1.27 bits per heavy atom. The summed E-state index contributed by atoms with van der Waals surface area (Å²) in [4.78, 5) is 10.5. The highest BCUT2D eigenvalue weighted by Gasteiger charge is 2.27. The molecule has 0 fully saturated rings. The van der Waals surface area contributed by atoms with E-state index >= 15 is 0 Å². The van der Waals surface area contributed by atoms with Gasteiger partial charge in [-0.05, 0) is 39.8 Å². The Labute approximate surface area is 158 Å². The number of likely N-dealkylation sites (N-methyl/N-ethyl adjacent to an activating group) is 1. The van der Waals surface area contributed by atoms with Crippen LogP contribution in [0, 0.1) is 11.3 Å². The van der Waals surface area contributed by atoms with Crippen molar-refractivity contribution in [1.29, 1.82) is 5.26 Å². The van der Waals surface area contributed by atoms with Gasteiger partial charge in [-0.25, -0.2) is 14.6 Å². The molecule has 0 amide bonds. The Morgan fingerprint density at radius 2 is 1.92 bits per heavy atom. The van der Waals surface area contributed by atoms with Gasteiger partial charge in [0.05, 0.1) is 25.7 Å². The van der Waals surface area contributed by atoms with Crippen LogP contribution in [-0.4, -0.2) is 53.5 Å². The molecule has 1 aromatic rings. The first kappa shape index (κ1) is 22.5. The van der Waals surface area contributed by atoms with Gasteiger partial charge in [-0.15, -0.1) is 0 Å². The van der Waals surface area contributed by atoms with Crippen LogP contribution in [0.4, 0.5) is 5.82 Å². The van der Waals surface area contributed by atoms with Crippen molar-refractivity contribution in [2.24, 2.45) is 0 Å². The van der Waals surface area contributed by atoms with Crippen LogP contribution in [0.5, 0.6) is 0 Å². The normalized spacial score (nSPS) is 12.4. The number of anilines is 1. The van der Waals surface area contributed by atoms with Crippen LogP contribution < -0.4 is 4.90 Å². The van der Waals surface area contributed by atoms with Crippen molar-refractivity contribution in [1.82, 2.24) is 14.6 Å². The van der Waals surface area contributed by atoms with Crippen LogP contribution in [0.25, 0.3) is 6.08 Å². The van der Waals surface area contributed by atoms with Crippen molar-refractivity contribution in [2.45, 2.75) is 46.2 Å². The standard InChI is InChI=1S/C18H30N5O2P/c1-7-17-20-11-9-18(21-17)22(6)12-14-25-26(24-13-8-10-19)23(15(2)3)16(4)5/h7,9,11,15-16H,1,8,12-14H2,2-6H3. The molecule has 7 nitrogen and oxygen atoms in total. The number of nitriles is 1. The Morgan fingerprint density at radius 3 is 2.50 bits per heavy atom. The van der Waals surface area contributed by atoms with Crippen LogP contribution in [0.1, 0.15) is 39.9 Å². The molecule has 1 rings (SSSR count). The highest BCUT2D eigenvalue weighted by Crippen LogP contribution is 2.45. The Kier molecular flexibility index (Phi) is 10.3. The predicted molar refractivity (Wildman–Crippen MR) is 107 cm³/mol. The second-order valence-corrected chi connectivity index (χ2v) is 7.73. The summed E-state index contributed by atoms with van der Waals surface area (Å²) in [5.74, 6) is 1.42. The van der Waals surface area contributed by atoms with Crippen molar-refractivity contribution in [3.63, 3.8) is 0 Å². The van der Waals surface area contributed by atoms with Crippen molar-refractivity contribution in [3.05, 3.63) is 24.7 Å². The monoisotopic (exact) mass is 379 g/mol. The smallest absolute Gasteiger partial charge is 0.259 e. The van der Waals surface area contributed by atoms with E-state index in [1.807, 2.05) is 18.0 Å². The van der Waals surface area contributed by atoms with Gasteiger partial charge in [0.15, 0.2) is 5.82 Å². The average Bonchev–Trinajstić information content (AvgIpc) is 2.61. The molecule has 1 unspecified atom stereocenters. The third-order valence-corrected chi connectivity index (χ3v) is 5.63. The molecule has 0 radical (unpaired) electrons. The molecule has 0 spiro atoms. The summed E-state index contributed by atoms with van der Waals surface area (Å²) in [6.07, 6.45) is 3.70. The Hall–Kier alpha value is -1.58. The van der Waals surface area contributed by atoms with Gasteiger partial charge in [-0.3, -0.25) is 0 Å². The molecular formula is C18H30N5O2P. The molecule has 0 aliphatic carbocycles. The lowest BCUT2D eigenvalue weighted by Crippen LogP contribution is -2.34. The maximum Gasteiger partial charge on any atom is 0.259 e. The molecule has 1 heterocycles. The average molecular weight is 379 g/mol. The molecule has 144 valence electrons. The van der Waals surface area contributed by atoms with E-state index in [1.165, 1.54) is 0 Å². The third kappa shape index (κ3) is 7.35. The van der Waals surface area contributed by atoms with E-state index in [1.54, 1.807) is 12.3 Å². The Balaban J connectivity index is 2.66. The maximum absolute atomic E-state index is 8.75. The van der Waals surface area contributed by atoms with Crippen molar-refractivity contribution in [2.75, 3.05) is 31.7 Å². The van der Waals surface area contributed by atoms with Gasteiger partial charge in [-0.2, -0.15) is 5.26 Å². The number of aromatic nitrogens is 2. The van der Waals surface area contributed by atoms with E-state index < -0.39 is 8.53 Å². The van der Waals surface area contributed by atoms with Crippen LogP contribution >= 0.6 is 8.53 Å². The number of rotatable bonds is 12. The summed E-state index contributed by atoms with van der Waals surface area (Å²) in [6.45, 7) is 13.7. The van der Waals surface area contributed by atoms with Crippen molar-refractivity contribution < 1.29 is 9.05 Å². The van der Waals surface area contributed by atoms with E-state index in [9.17, 15) is 0 Å². The summed E-state index contributed by atoms with van der Waals surface area (Å²) in [7, 11) is 0.742. The van der Waals surface area contributed by atoms with Gasteiger partial charge in [0.2, 0.25) is 0 Å². The van der Waals surface area contributed by atoms with Crippen LogP contribution in [0.3, 0.4) is 0 Å². The van der Waals surface area contributed by atoms with Gasteiger partial charge < -0.3 is 13.9 Å². The van der Waals surface area contributed by atoms with Gasteiger partial charge >= 0.3 is 0 Å². The summed E-state index contributed by atoms with van der Waals surface area (Å²) in [5.41, 5.74) is 0. The summed E-state index contributed by atoms with van der Waals surface area (Å²) in [6, 6.07) is 4.54. The lowest BCUT2D eigenvalue weighted by molar-refractivity contribution is 0.179. The lowest BCUT2D eigenvalue weighted by atomic mass is 10.3. The van der Waals surface area contributed by atoms with Gasteiger partial charge in [0.25, 0.3) is 8.53 Å². The fourth-order valence-corrected chi connectivity index (χ4v) is 3.94. The van der Waals surface area contributed by atoms with E-state index in [0.717, 1.165) is 5.82 Å². The minimum atomic E-state index is -1.22. The van der Waals surface area contributed by atoms with E-state index in [2.05, 4.69) is 55.0 Å². The van der Waals surface area contributed by atoms with Crippen LogP contribution in [-0.2, 0) is 9.05 Å². The molecule has 1 atom stereocenters. The zero-order valence-corrected chi connectivity index (χ0v) is 17.3. The molecule has 1 aromatic heterocycles. The highest BCUT2D eigenvalue weighted by molar-refractivity contribution is 7.44. The fourth-order valence-electron chi connectivity index (χ4n) is 2.36. The quantitative estimate of drug-likeness (QED) is 0.403. The topological polar surface area (TPSA) is 74.5 Å². The minimum Gasteiger partial charge on any atom is -0.357 e. The predicted octanol–water partition coefficient (Wildman–Crippen LogP) is 3.85. The molecule has 0 aromatic carbocycles.